The van der Waals surface area contributed by atoms with Gasteiger partial charge in [-0.05, 0) is 0 Å². The lowest BCUT2D eigenvalue weighted by Crippen LogP contribution is -2.39. The summed E-state index contributed by atoms with van der Waals surface area (Å²) in [5.74, 6) is -1.89. The lowest BCUT2D eigenvalue weighted by atomic mass is 10.2. The normalized spacial score (nSPS) is 18.2. The van der Waals surface area contributed by atoms with E-state index < -0.39 is 37.3 Å². The number of hydrogen-bond donors (Lipinski definition) is 3. The highest BCUT2D eigenvalue weighted by Crippen LogP contribution is 2.08. The van der Waals surface area contributed by atoms with Crippen LogP contribution < -0.4 is 5.73 Å². The second kappa shape index (κ2) is 3.88. The molecule has 0 heterocycles. The first-order chi connectivity index (χ1) is 5.54. The minimum absolute atomic E-state index is 0.812. The van der Waals surface area contributed by atoms with Gasteiger partial charge in [0.05, 0.1) is 5.75 Å². The lowest BCUT2D eigenvalue weighted by Gasteiger charge is -2.14. The topological polar surface area (TPSA) is 135 Å². The molecule has 0 aliphatic carbocycles. The van der Waals surface area contributed by atoms with Crippen molar-refractivity contribution < 1.29 is 25.9 Å². The molecule has 9 heteroatoms. The van der Waals surface area contributed by atoms with E-state index in [0.717, 1.165) is 0 Å². The molecule has 0 spiro atoms. The fourth-order valence-corrected chi connectivity index (χ4v) is 2.40. The van der Waals surface area contributed by atoms with Gasteiger partial charge >= 0.3 is 0 Å². The van der Waals surface area contributed by atoms with Crippen molar-refractivity contribution in [3.63, 3.8) is 0 Å². The maximum absolute atomic E-state index is 10.4. The van der Waals surface area contributed by atoms with Crippen molar-refractivity contribution in [3.05, 3.63) is 0 Å². The summed E-state index contributed by atoms with van der Waals surface area (Å²) >= 11 is 0. The highest BCUT2D eigenvalue weighted by Gasteiger charge is 2.28. The Morgan fingerprint density at radius 1 is 1.23 bits per heavy atom. The van der Waals surface area contributed by atoms with Crippen LogP contribution in [0.5, 0.6) is 0 Å². The van der Waals surface area contributed by atoms with E-state index in [2.05, 4.69) is 0 Å². The Balaban J connectivity index is 4.56. The smallest absolute Gasteiger partial charge is 0.281 e. The first-order valence-electron chi connectivity index (χ1n) is 3.21. The van der Waals surface area contributed by atoms with Gasteiger partial charge in [-0.25, -0.2) is 0 Å². The van der Waals surface area contributed by atoms with Gasteiger partial charge in [0.2, 0.25) is 0 Å². The molecule has 0 radical (unpaired) electrons. The largest absolute Gasteiger partial charge is 0.313 e. The van der Waals surface area contributed by atoms with Crippen LogP contribution in [0.15, 0.2) is 0 Å². The van der Waals surface area contributed by atoms with Crippen molar-refractivity contribution >= 4 is 20.2 Å². The zero-order chi connectivity index (χ0) is 10.9. The maximum atomic E-state index is 10.4. The summed E-state index contributed by atoms with van der Waals surface area (Å²) in [4.78, 5) is 0. The van der Waals surface area contributed by atoms with Crippen molar-refractivity contribution in [2.24, 2.45) is 11.7 Å². The third-order valence-electron chi connectivity index (χ3n) is 1.38. The van der Waals surface area contributed by atoms with Crippen LogP contribution in [0.3, 0.4) is 0 Å². The van der Waals surface area contributed by atoms with Gasteiger partial charge in [-0.2, -0.15) is 16.8 Å². The van der Waals surface area contributed by atoms with Gasteiger partial charge in [-0.1, -0.05) is 6.92 Å². The highest BCUT2D eigenvalue weighted by molar-refractivity contribution is 7.87. The molecule has 0 aliphatic heterocycles. The van der Waals surface area contributed by atoms with Crippen molar-refractivity contribution in [3.8, 4) is 0 Å². The van der Waals surface area contributed by atoms with Crippen LogP contribution in [-0.4, -0.2) is 37.1 Å². The second-order valence-corrected chi connectivity index (χ2v) is 5.78. The zero-order valence-corrected chi connectivity index (χ0v) is 8.42. The molecule has 0 aliphatic rings. The number of rotatable bonds is 4. The Bertz CT molecular complexity index is 356. The predicted octanol–water partition coefficient (Wildman–Crippen LogP) is -1.32. The Morgan fingerprint density at radius 3 is 1.85 bits per heavy atom. The van der Waals surface area contributed by atoms with E-state index in [0.29, 0.717) is 0 Å². The number of hydrogen-bond acceptors (Lipinski definition) is 5. The summed E-state index contributed by atoms with van der Waals surface area (Å²) < 4.78 is 58.2. The van der Waals surface area contributed by atoms with Crippen LogP contribution in [0.1, 0.15) is 6.92 Å². The number of nitrogens with two attached hydrogens (primary N) is 1. The minimum Gasteiger partial charge on any atom is -0.313 e. The average molecular weight is 233 g/mol. The van der Waals surface area contributed by atoms with Crippen LogP contribution in [0.25, 0.3) is 0 Å². The van der Waals surface area contributed by atoms with Crippen LogP contribution in [0.4, 0.5) is 0 Å². The molecule has 0 saturated carbocycles. The van der Waals surface area contributed by atoms with Gasteiger partial charge in [0.15, 0.2) is 0 Å². The Hall–Kier alpha value is -0.220. The zero-order valence-electron chi connectivity index (χ0n) is 6.78. The van der Waals surface area contributed by atoms with Crippen molar-refractivity contribution in [1.82, 2.24) is 0 Å². The average Bonchev–Trinajstić information content (AvgIpc) is 1.79. The van der Waals surface area contributed by atoms with Gasteiger partial charge in [0, 0.05) is 5.92 Å². The first-order valence-corrected chi connectivity index (χ1v) is 6.32. The summed E-state index contributed by atoms with van der Waals surface area (Å²) in [6, 6.07) is 0. The maximum Gasteiger partial charge on any atom is 0.281 e. The van der Waals surface area contributed by atoms with Gasteiger partial charge < -0.3 is 5.73 Å². The minimum atomic E-state index is -4.47. The van der Waals surface area contributed by atoms with Gasteiger partial charge in [0.1, 0.15) is 5.37 Å². The van der Waals surface area contributed by atoms with Crippen molar-refractivity contribution in [2.75, 3.05) is 5.75 Å². The van der Waals surface area contributed by atoms with E-state index in [1.165, 1.54) is 6.92 Å². The van der Waals surface area contributed by atoms with E-state index in [9.17, 15) is 16.8 Å². The molecule has 80 valence electrons. The molecule has 4 N–H and O–H groups in total. The fourth-order valence-electron chi connectivity index (χ4n) is 0.721. The molecule has 13 heavy (non-hydrogen) atoms. The molecule has 0 bridgehead atoms. The van der Waals surface area contributed by atoms with Crippen LogP contribution in [0.2, 0.25) is 0 Å². The van der Waals surface area contributed by atoms with E-state index in [4.69, 9.17) is 14.8 Å². The summed E-state index contributed by atoms with van der Waals surface area (Å²) in [6.45, 7) is 1.19. The summed E-state index contributed by atoms with van der Waals surface area (Å²) in [6.07, 6.45) is 0. The SMILES string of the molecule is CC(CS(=O)(=O)O)C(N)S(=O)(=O)O. The van der Waals surface area contributed by atoms with Gasteiger partial charge in [-0.15, -0.1) is 0 Å². The molecule has 0 amide bonds. The molecule has 0 rings (SSSR count). The monoisotopic (exact) mass is 233 g/mol. The van der Waals surface area contributed by atoms with Gasteiger partial charge in [-0.3, -0.25) is 9.11 Å². The third-order valence-corrected chi connectivity index (χ3v) is 3.48. The molecule has 0 aromatic carbocycles. The quantitative estimate of drug-likeness (QED) is 0.512. The van der Waals surface area contributed by atoms with Gasteiger partial charge in [0.25, 0.3) is 20.2 Å². The molecular formula is C4H11NO6S2. The summed E-state index contributed by atoms with van der Waals surface area (Å²) in [5, 5.41) is -1.71. The first kappa shape index (κ1) is 12.8. The Kier molecular flexibility index (Phi) is 3.82. The Morgan fingerprint density at radius 2 is 1.62 bits per heavy atom. The summed E-state index contributed by atoms with van der Waals surface area (Å²) in [7, 11) is -8.76. The van der Waals surface area contributed by atoms with E-state index in [1.54, 1.807) is 0 Å². The Labute approximate surface area is 76.4 Å². The molecular weight excluding hydrogens is 222 g/mol. The van der Waals surface area contributed by atoms with E-state index in [1.807, 2.05) is 0 Å². The third kappa shape index (κ3) is 5.16. The van der Waals surface area contributed by atoms with E-state index >= 15 is 0 Å². The van der Waals surface area contributed by atoms with Crippen LogP contribution in [0, 0.1) is 5.92 Å². The highest BCUT2D eigenvalue weighted by atomic mass is 32.2. The van der Waals surface area contributed by atoms with Crippen molar-refractivity contribution in [1.29, 1.82) is 0 Å². The molecule has 7 nitrogen and oxygen atoms in total. The van der Waals surface area contributed by atoms with Crippen molar-refractivity contribution in [2.45, 2.75) is 12.3 Å². The standard InChI is InChI=1S/C4H11NO6S2/c1-3(2-12(6,7)8)4(5)13(9,10)11/h3-4H,2,5H2,1H3,(H,6,7,8)(H,9,10,11). The predicted molar refractivity (Wildman–Crippen MR) is 45.1 cm³/mol. The fraction of sp³-hybridized carbons (Fsp3) is 1.00. The molecule has 0 aromatic rings. The lowest BCUT2D eigenvalue weighted by molar-refractivity contribution is 0.434. The van der Waals surface area contributed by atoms with Crippen LogP contribution in [-0.2, 0) is 20.2 Å². The van der Waals surface area contributed by atoms with E-state index in [-0.39, 0.29) is 0 Å². The summed E-state index contributed by atoms with van der Waals surface area (Å²) in [5.41, 5.74) is 4.99. The molecule has 2 unspecified atom stereocenters. The molecule has 0 aromatic heterocycles. The second-order valence-electron chi connectivity index (χ2n) is 2.71. The molecule has 2 atom stereocenters. The molecule has 0 saturated heterocycles. The molecule has 0 fully saturated rings. The van der Waals surface area contributed by atoms with Crippen LogP contribution >= 0.6 is 0 Å².